The van der Waals surface area contributed by atoms with Crippen molar-refractivity contribution >= 4 is 50.5 Å². The molecule has 9 heteroatoms. The summed E-state index contributed by atoms with van der Waals surface area (Å²) >= 11 is 2.55. The standard InChI is InChI=1S/C17H16N4O3S2/c1-3-24-16(23)11-7-8-25-15(11)21-14(22)12-9-26-17(19-12)20-13-6-4-5-10(2)18-13/h4-9H,3H2,1-2H3,(H,21,22)(H,18,19,20). The summed E-state index contributed by atoms with van der Waals surface area (Å²) in [7, 11) is 0. The number of hydrogen-bond acceptors (Lipinski definition) is 8. The molecule has 7 nitrogen and oxygen atoms in total. The minimum atomic E-state index is -0.463. The SMILES string of the molecule is CCOC(=O)c1ccsc1NC(=O)c1csc(Nc2cccc(C)n2)n1. The van der Waals surface area contributed by atoms with Gasteiger partial charge in [-0.1, -0.05) is 6.07 Å². The number of nitrogens with zero attached hydrogens (tertiary/aromatic N) is 2. The number of esters is 1. The third-order valence-corrected chi connectivity index (χ3v) is 4.84. The van der Waals surface area contributed by atoms with Crippen LogP contribution in [0.5, 0.6) is 0 Å². The van der Waals surface area contributed by atoms with Crippen LogP contribution in [0.1, 0.15) is 33.5 Å². The van der Waals surface area contributed by atoms with Gasteiger partial charge in [-0.25, -0.2) is 14.8 Å². The number of anilines is 3. The van der Waals surface area contributed by atoms with Crippen molar-refractivity contribution in [3.63, 3.8) is 0 Å². The monoisotopic (exact) mass is 388 g/mol. The summed E-state index contributed by atoms with van der Waals surface area (Å²) in [5.41, 5.74) is 1.48. The van der Waals surface area contributed by atoms with Gasteiger partial charge in [0.15, 0.2) is 5.13 Å². The van der Waals surface area contributed by atoms with E-state index in [0.29, 0.717) is 21.5 Å². The lowest BCUT2D eigenvalue weighted by atomic mass is 10.3. The first kappa shape index (κ1) is 18.0. The topological polar surface area (TPSA) is 93.2 Å². The maximum atomic E-state index is 12.4. The number of carbonyl (C=O) groups is 2. The minimum Gasteiger partial charge on any atom is -0.462 e. The molecule has 0 atom stereocenters. The number of pyridine rings is 1. The molecule has 3 aromatic rings. The molecule has 3 heterocycles. The number of hydrogen-bond donors (Lipinski definition) is 2. The number of amides is 1. The van der Waals surface area contributed by atoms with Gasteiger partial charge in [0, 0.05) is 11.1 Å². The van der Waals surface area contributed by atoms with E-state index in [9.17, 15) is 9.59 Å². The van der Waals surface area contributed by atoms with Crippen LogP contribution in [0.25, 0.3) is 0 Å². The Morgan fingerprint density at radius 2 is 2.04 bits per heavy atom. The molecule has 1 amide bonds. The van der Waals surface area contributed by atoms with Gasteiger partial charge in [-0.15, -0.1) is 22.7 Å². The number of nitrogens with one attached hydrogen (secondary N) is 2. The van der Waals surface area contributed by atoms with E-state index in [0.717, 1.165) is 5.69 Å². The maximum absolute atomic E-state index is 12.4. The van der Waals surface area contributed by atoms with E-state index < -0.39 is 5.97 Å². The van der Waals surface area contributed by atoms with Crippen LogP contribution >= 0.6 is 22.7 Å². The predicted octanol–water partition coefficient (Wildman–Crippen LogP) is 4.08. The number of rotatable bonds is 6. The Kier molecular flexibility index (Phi) is 5.59. The van der Waals surface area contributed by atoms with Gasteiger partial charge < -0.3 is 15.4 Å². The molecule has 0 bridgehead atoms. The van der Waals surface area contributed by atoms with Crippen LogP contribution in [0, 0.1) is 6.92 Å². The van der Waals surface area contributed by atoms with Crippen LogP contribution in [-0.2, 0) is 4.74 Å². The summed E-state index contributed by atoms with van der Waals surface area (Å²) < 4.78 is 4.98. The third-order valence-electron chi connectivity index (χ3n) is 3.25. The normalized spacial score (nSPS) is 10.4. The van der Waals surface area contributed by atoms with E-state index in [-0.39, 0.29) is 18.2 Å². The molecule has 0 saturated heterocycles. The lowest BCUT2D eigenvalue weighted by Gasteiger charge is -2.05. The average molecular weight is 388 g/mol. The molecule has 0 aliphatic rings. The number of thiophene rings is 1. The molecule has 0 unspecified atom stereocenters. The van der Waals surface area contributed by atoms with Gasteiger partial charge in [0.05, 0.1) is 12.2 Å². The molecule has 0 spiro atoms. The zero-order valence-corrected chi connectivity index (χ0v) is 15.7. The zero-order chi connectivity index (χ0) is 18.5. The van der Waals surface area contributed by atoms with Crippen molar-refractivity contribution in [2.45, 2.75) is 13.8 Å². The third kappa shape index (κ3) is 4.24. The molecular formula is C17H16N4O3S2. The van der Waals surface area contributed by atoms with Crippen molar-refractivity contribution in [3.8, 4) is 0 Å². The summed E-state index contributed by atoms with van der Waals surface area (Å²) in [4.78, 5) is 32.9. The van der Waals surface area contributed by atoms with Crippen molar-refractivity contribution < 1.29 is 14.3 Å². The fourth-order valence-corrected chi connectivity index (χ4v) is 3.57. The molecule has 0 saturated carbocycles. The number of aromatic nitrogens is 2. The number of ether oxygens (including phenoxy) is 1. The first-order chi connectivity index (χ1) is 12.6. The van der Waals surface area contributed by atoms with Crippen LogP contribution in [-0.4, -0.2) is 28.5 Å². The Hall–Kier alpha value is -2.78. The Balaban J connectivity index is 1.69. The van der Waals surface area contributed by atoms with Crippen molar-refractivity contribution in [1.82, 2.24) is 9.97 Å². The highest BCUT2D eigenvalue weighted by Crippen LogP contribution is 2.26. The van der Waals surface area contributed by atoms with Crippen LogP contribution in [0.2, 0.25) is 0 Å². The highest BCUT2D eigenvalue weighted by Gasteiger charge is 2.18. The largest absolute Gasteiger partial charge is 0.462 e. The first-order valence-electron chi connectivity index (χ1n) is 7.79. The van der Waals surface area contributed by atoms with Gasteiger partial charge in [0.25, 0.3) is 5.91 Å². The number of thiazole rings is 1. The van der Waals surface area contributed by atoms with Gasteiger partial charge >= 0.3 is 5.97 Å². The molecular weight excluding hydrogens is 372 g/mol. The molecule has 26 heavy (non-hydrogen) atoms. The second kappa shape index (κ2) is 8.07. The minimum absolute atomic E-state index is 0.258. The zero-order valence-electron chi connectivity index (χ0n) is 14.1. The summed E-state index contributed by atoms with van der Waals surface area (Å²) in [5, 5.41) is 10.1. The molecule has 2 N–H and O–H groups in total. The Morgan fingerprint density at radius 3 is 2.81 bits per heavy atom. The molecule has 0 fully saturated rings. The Bertz CT molecular complexity index is 935. The molecule has 3 rings (SSSR count). The summed E-state index contributed by atoms with van der Waals surface area (Å²) in [6, 6.07) is 7.23. The summed E-state index contributed by atoms with van der Waals surface area (Å²) in [5.74, 6) is -0.191. The predicted molar refractivity (Wildman–Crippen MR) is 103 cm³/mol. The van der Waals surface area contributed by atoms with Gasteiger partial charge in [-0.3, -0.25) is 4.79 Å². The van der Waals surface area contributed by atoms with Gasteiger partial charge in [-0.05, 0) is 37.4 Å². The van der Waals surface area contributed by atoms with Crippen LogP contribution in [0.4, 0.5) is 16.0 Å². The van der Waals surface area contributed by atoms with E-state index in [1.54, 1.807) is 23.8 Å². The van der Waals surface area contributed by atoms with E-state index in [2.05, 4.69) is 20.6 Å². The van der Waals surface area contributed by atoms with E-state index in [1.807, 2.05) is 25.1 Å². The molecule has 134 valence electrons. The van der Waals surface area contributed by atoms with Crippen LogP contribution in [0.15, 0.2) is 35.0 Å². The van der Waals surface area contributed by atoms with Gasteiger partial charge in [-0.2, -0.15) is 0 Å². The van der Waals surface area contributed by atoms with E-state index in [1.165, 1.54) is 22.7 Å². The highest BCUT2D eigenvalue weighted by atomic mass is 32.1. The average Bonchev–Trinajstić information content (AvgIpc) is 3.24. The lowest BCUT2D eigenvalue weighted by Crippen LogP contribution is -2.14. The van der Waals surface area contributed by atoms with Crippen LogP contribution in [0.3, 0.4) is 0 Å². The number of carbonyl (C=O) groups excluding carboxylic acids is 2. The van der Waals surface area contributed by atoms with E-state index in [4.69, 9.17) is 4.74 Å². The lowest BCUT2D eigenvalue weighted by molar-refractivity contribution is 0.0528. The maximum Gasteiger partial charge on any atom is 0.341 e. The van der Waals surface area contributed by atoms with Crippen molar-refractivity contribution in [1.29, 1.82) is 0 Å². The fourth-order valence-electron chi connectivity index (χ4n) is 2.10. The molecule has 0 radical (unpaired) electrons. The van der Waals surface area contributed by atoms with Gasteiger partial charge in [0.2, 0.25) is 0 Å². The van der Waals surface area contributed by atoms with Crippen molar-refractivity contribution in [3.05, 3.63) is 52.0 Å². The van der Waals surface area contributed by atoms with Crippen molar-refractivity contribution in [2.75, 3.05) is 17.2 Å². The second-order valence-corrected chi connectivity index (χ2v) is 6.94. The second-order valence-electron chi connectivity index (χ2n) is 5.17. The Labute approximate surface area is 158 Å². The van der Waals surface area contributed by atoms with E-state index >= 15 is 0 Å². The van der Waals surface area contributed by atoms with Crippen molar-refractivity contribution in [2.24, 2.45) is 0 Å². The summed E-state index contributed by atoms with van der Waals surface area (Å²) in [6.07, 6.45) is 0. The quantitative estimate of drug-likeness (QED) is 0.618. The smallest absolute Gasteiger partial charge is 0.341 e. The molecule has 0 aromatic carbocycles. The molecule has 0 aliphatic carbocycles. The van der Waals surface area contributed by atoms with Crippen LogP contribution < -0.4 is 10.6 Å². The first-order valence-corrected chi connectivity index (χ1v) is 9.55. The van der Waals surface area contributed by atoms with Gasteiger partial charge in [0.1, 0.15) is 16.5 Å². The summed E-state index contributed by atoms with van der Waals surface area (Å²) in [6.45, 7) is 3.90. The molecule has 0 aliphatic heterocycles. The number of aryl methyl sites for hydroxylation is 1. The highest BCUT2D eigenvalue weighted by molar-refractivity contribution is 7.15. The molecule has 3 aromatic heterocycles. The Morgan fingerprint density at radius 1 is 1.19 bits per heavy atom. The fraction of sp³-hybridized carbons (Fsp3) is 0.176.